The molecule has 1 N–H and O–H groups in total. The molecule has 0 unspecified atom stereocenters. The van der Waals surface area contributed by atoms with E-state index in [1.165, 1.54) is 13.2 Å². The van der Waals surface area contributed by atoms with Crippen molar-refractivity contribution in [2.24, 2.45) is 0 Å². The van der Waals surface area contributed by atoms with Gasteiger partial charge in [0.05, 0.1) is 31.5 Å². The van der Waals surface area contributed by atoms with Crippen LogP contribution < -0.4 is 14.8 Å². The summed E-state index contributed by atoms with van der Waals surface area (Å²) in [6.07, 6.45) is 4.64. The molecule has 0 bridgehead atoms. The van der Waals surface area contributed by atoms with Crippen molar-refractivity contribution >= 4 is 23.6 Å². The number of furan rings is 1. The number of benzene rings is 1. The SMILES string of the molecule is CCOc1c(Cl)cc(/C=C/C(=O)NCc2ccco2)cc1OC. The highest BCUT2D eigenvalue weighted by Crippen LogP contribution is 2.36. The van der Waals surface area contributed by atoms with Crippen molar-refractivity contribution < 1.29 is 18.7 Å². The lowest BCUT2D eigenvalue weighted by Crippen LogP contribution is -2.19. The zero-order valence-electron chi connectivity index (χ0n) is 13.0. The van der Waals surface area contributed by atoms with E-state index in [2.05, 4.69) is 5.32 Å². The van der Waals surface area contributed by atoms with Crippen LogP contribution in [0, 0.1) is 0 Å². The molecule has 0 aliphatic carbocycles. The van der Waals surface area contributed by atoms with E-state index in [0.29, 0.717) is 35.4 Å². The zero-order chi connectivity index (χ0) is 16.7. The van der Waals surface area contributed by atoms with E-state index in [0.717, 1.165) is 5.56 Å². The molecule has 0 spiro atoms. The molecule has 0 saturated carbocycles. The predicted octanol–water partition coefficient (Wildman–Crippen LogP) is 3.67. The Morgan fingerprint density at radius 2 is 2.26 bits per heavy atom. The van der Waals surface area contributed by atoms with E-state index < -0.39 is 0 Å². The minimum absolute atomic E-state index is 0.231. The Morgan fingerprint density at radius 1 is 1.43 bits per heavy atom. The molecule has 1 amide bonds. The predicted molar refractivity (Wildman–Crippen MR) is 88.8 cm³/mol. The Kier molecular flexibility index (Phi) is 6.11. The molecule has 0 atom stereocenters. The van der Waals surface area contributed by atoms with Crippen LogP contribution in [0.25, 0.3) is 6.08 Å². The summed E-state index contributed by atoms with van der Waals surface area (Å²) < 4.78 is 15.9. The Hall–Kier alpha value is -2.40. The van der Waals surface area contributed by atoms with E-state index in [-0.39, 0.29) is 5.91 Å². The third kappa shape index (κ3) is 4.79. The van der Waals surface area contributed by atoms with Crippen molar-refractivity contribution in [2.45, 2.75) is 13.5 Å². The van der Waals surface area contributed by atoms with Crippen LogP contribution in [0.2, 0.25) is 5.02 Å². The number of nitrogens with one attached hydrogen (secondary N) is 1. The minimum Gasteiger partial charge on any atom is -0.493 e. The molecular weight excluding hydrogens is 318 g/mol. The zero-order valence-corrected chi connectivity index (χ0v) is 13.7. The number of carbonyl (C=O) groups is 1. The number of halogens is 1. The van der Waals surface area contributed by atoms with Crippen LogP contribution in [0.5, 0.6) is 11.5 Å². The maximum atomic E-state index is 11.8. The lowest BCUT2D eigenvalue weighted by molar-refractivity contribution is -0.116. The van der Waals surface area contributed by atoms with Crippen molar-refractivity contribution in [3.63, 3.8) is 0 Å². The molecule has 0 saturated heterocycles. The Morgan fingerprint density at radius 3 is 2.91 bits per heavy atom. The first-order chi connectivity index (χ1) is 11.1. The number of hydrogen-bond donors (Lipinski definition) is 1. The van der Waals surface area contributed by atoms with Gasteiger partial charge in [0.1, 0.15) is 5.76 Å². The van der Waals surface area contributed by atoms with Gasteiger partial charge < -0.3 is 19.2 Å². The lowest BCUT2D eigenvalue weighted by atomic mass is 10.2. The fourth-order valence-corrected chi connectivity index (χ4v) is 2.21. The summed E-state index contributed by atoms with van der Waals surface area (Å²) in [5.74, 6) is 1.48. The van der Waals surface area contributed by atoms with Gasteiger partial charge in [-0.05, 0) is 42.8 Å². The smallest absolute Gasteiger partial charge is 0.244 e. The molecule has 0 aliphatic heterocycles. The van der Waals surface area contributed by atoms with Crippen LogP contribution in [-0.4, -0.2) is 19.6 Å². The number of methoxy groups -OCH3 is 1. The molecule has 2 aromatic rings. The van der Waals surface area contributed by atoms with Gasteiger partial charge in [-0.3, -0.25) is 4.79 Å². The first kappa shape index (κ1) is 17.0. The third-order valence-corrected chi connectivity index (χ3v) is 3.27. The molecule has 23 heavy (non-hydrogen) atoms. The number of hydrogen-bond acceptors (Lipinski definition) is 4. The highest BCUT2D eigenvalue weighted by Gasteiger charge is 2.10. The second kappa shape index (κ2) is 8.29. The molecule has 0 aliphatic rings. The molecular formula is C17H18ClNO4. The highest BCUT2D eigenvalue weighted by atomic mass is 35.5. The van der Waals surface area contributed by atoms with Crippen LogP contribution >= 0.6 is 11.6 Å². The largest absolute Gasteiger partial charge is 0.493 e. The first-order valence-corrected chi connectivity index (χ1v) is 7.50. The highest BCUT2D eigenvalue weighted by molar-refractivity contribution is 6.32. The molecule has 6 heteroatoms. The topological polar surface area (TPSA) is 60.7 Å². The van der Waals surface area contributed by atoms with Crippen molar-refractivity contribution in [3.8, 4) is 11.5 Å². The van der Waals surface area contributed by atoms with Crippen LogP contribution in [-0.2, 0) is 11.3 Å². The summed E-state index contributed by atoms with van der Waals surface area (Å²) in [6, 6.07) is 7.03. The van der Waals surface area contributed by atoms with Gasteiger partial charge in [-0.25, -0.2) is 0 Å². The van der Waals surface area contributed by atoms with Gasteiger partial charge in [0.25, 0.3) is 0 Å². The van der Waals surface area contributed by atoms with Crippen LogP contribution in [0.4, 0.5) is 0 Å². The van der Waals surface area contributed by atoms with Crippen molar-refractivity contribution in [1.29, 1.82) is 0 Å². The second-order valence-electron chi connectivity index (χ2n) is 4.60. The Balaban J connectivity index is 2.03. The van der Waals surface area contributed by atoms with Crippen LogP contribution in [0.1, 0.15) is 18.2 Å². The molecule has 1 aromatic heterocycles. The summed E-state index contributed by atoms with van der Waals surface area (Å²) in [4.78, 5) is 11.8. The van der Waals surface area contributed by atoms with Crippen molar-refractivity contribution in [2.75, 3.05) is 13.7 Å². The monoisotopic (exact) mass is 335 g/mol. The molecule has 0 fully saturated rings. The van der Waals surface area contributed by atoms with Crippen LogP contribution in [0.3, 0.4) is 0 Å². The van der Waals surface area contributed by atoms with E-state index >= 15 is 0 Å². The van der Waals surface area contributed by atoms with Crippen molar-refractivity contribution in [1.82, 2.24) is 5.32 Å². The van der Waals surface area contributed by atoms with Gasteiger partial charge in [0, 0.05) is 6.08 Å². The quantitative estimate of drug-likeness (QED) is 0.784. The first-order valence-electron chi connectivity index (χ1n) is 7.12. The fourth-order valence-electron chi connectivity index (χ4n) is 1.94. The van der Waals surface area contributed by atoms with Crippen molar-refractivity contribution in [3.05, 3.63) is 53.0 Å². The summed E-state index contributed by atoms with van der Waals surface area (Å²) >= 11 is 6.18. The summed E-state index contributed by atoms with van der Waals surface area (Å²) in [7, 11) is 1.54. The molecule has 2 rings (SSSR count). The number of rotatable bonds is 7. The third-order valence-electron chi connectivity index (χ3n) is 2.98. The van der Waals surface area contributed by atoms with Gasteiger partial charge in [0.2, 0.25) is 5.91 Å². The molecule has 0 radical (unpaired) electrons. The molecule has 5 nitrogen and oxygen atoms in total. The van der Waals surface area contributed by atoms with E-state index in [9.17, 15) is 4.79 Å². The average Bonchev–Trinajstić information content (AvgIpc) is 3.06. The second-order valence-corrected chi connectivity index (χ2v) is 5.00. The van der Waals surface area contributed by atoms with Gasteiger partial charge in [-0.2, -0.15) is 0 Å². The van der Waals surface area contributed by atoms with E-state index in [4.69, 9.17) is 25.5 Å². The van der Waals surface area contributed by atoms with Gasteiger partial charge in [-0.15, -0.1) is 0 Å². The lowest BCUT2D eigenvalue weighted by Gasteiger charge is -2.11. The number of carbonyl (C=O) groups excluding carboxylic acids is 1. The molecule has 1 heterocycles. The van der Waals surface area contributed by atoms with Gasteiger partial charge in [0.15, 0.2) is 11.5 Å². The molecule has 1 aromatic carbocycles. The fraction of sp³-hybridized carbons (Fsp3) is 0.235. The Bertz CT molecular complexity index is 680. The van der Waals surface area contributed by atoms with Gasteiger partial charge >= 0.3 is 0 Å². The standard InChI is InChI=1S/C17H18ClNO4/c1-3-22-17-14(18)9-12(10-15(17)21-2)6-7-16(20)19-11-13-5-4-8-23-13/h4-10H,3,11H2,1-2H3,(H,19,20)/b7-6+. The van der Waals surface area contributed by atoms with Crippen LogP contribution in [0.15, 0.2) is 41.0 Å². The maximum absolute atomic E-state index is 11.8. The number of ether oxygens (including phenoxy) is 2. The Labute approximate surface area is 139 Å². The molecule has 122 valence electrons. The minimum atomic E-state index is -0.231. The van der Waals surface area contributed by atoms with Gasteiger partial charge in [-0.1, -0.05) is 11.6 Å². The summed E-state index contributed by atoms with van der Waals surface area (Å²) in [6.45, 7) is 2.69. The average molecular weight is 336 g/mol. The van der Waals surface area contributed by atoms with E-state index in [1.54, 1.807) is 36.6 Å². The van der Waals surface area contributed by atoms with E-state index in [1.807, 2.05) is 6.92 Å². The maximum Gasteiger partial charge on any atom is 0.244 e. The normalized spacial score (nSPS) is 10.7. The number of amides is 1. The summed E-state index contributed by atoms with van der Waals surface area (Å²) in [5, 5.41) is 3.15. The summed E-state index contributed by atoms with van der Waals surface area (Å²) in [5.41, 5.74) is 0.739.